The number of ether oxygens (including phenoxy) is 2. The van der Waals surface area contributed by atoms with E-state index in [0.717, 1.165) is 17.7 Å². The van der Waals surface area contributed by atoms with Crippen molar-refractivity contribution in [1.82, 2.24) is 9.80 Å². The van der Waals surface area contributed by atoms with Crippen molar-refractivity contribution in [2.45, 2.75) is 45.0 Å². The molecule has 2 aliphatic heterocycles. The number of nitrogens with zero attached hydrogens (tertiary/aromatic N) is 2. The molecule has 0 aromatic heterocycles. The lowest BCUT2D eigenvalue weighted by atomic mass is 9.96. The monoisotopic (exact) mass is 502 g/mol. The first-order valence-corrected chi connectivity index (χ1v) is 12.7. The van der Waals surface area contributed by atoms with Crippen LogP contribution in [0.5, 0.6) is 11.5 Å². The molecule has 2 aliphatic rings. The van der Waals surface area contributed by atoms with E-state index in [4.69, 9.17) is 9.47 Å². The third-order valence-corrected chi connectivity index (χ3v) is 7.16. The van der Waals surface area contributed by atoms with Crippen molar-refractivity contribution in [2.24, 2.45) is 0 Å². The molecular formula is C30H31FN2O4. The van der Waals surface area contributed by atoms with E-state index < -0.39 is 0 Å². The minimum atomic E-state index is -0.306. The van der Waals surface area contributed by atoms with Crippen LogP contribution in [-0.2, 0) is 11.3 Å². The number of piperazine rings is 1. The summed E-state index contributed by atoms with van der Waals surface area (Å²) < 4.78 is 25.1. The number of carbonyl (C=O) groups is 2. The van der Waals surface area contributed by atoms with Crippen molar-refractivity contribution in [1.29, 1.82) is 0 Å². The van der Waals surface area contributed by atoms with Crippen LogP contribution in [0.25, 0.3) is 0 Å². The second kappa shape index (κ2) is 10.7. The normalized spacial score (nSPS) is 21.8. The molecule has 37 heavy (non-hydrogen) atoms. The van der Waals surface area contributed by atoms with E-state index in [0.29, 0.717) is 30.2 Å². The third kappa shape index (κ3) is 5.67. The van der Waals surface area contributed by atoms with Crippen LogP contribution in [0, 0.1) is 5.82 Å². The zero-order valence-electron chi connectivity index (χ0n) is 21.1. The smallest absolute Gasteiger partial charge is 0.260 e. The molecule has 7 heteroatoms. The van der Waals surface area contributed by atoms with Gasteiger partial charge in [-0.2, -0.15) is 0 Å². The van der Waals surface area contributed by atoms with Crippen molar-refractivity contribution in [2.75, 3.05) is 19.7 Å². The second-order valence-electron chi connectivity index (χ2n) is 9.89. The van der Waals surface area contributed by atoms with Gasteiger partial charge in [-0.25, -0.2) is 4.39 Å². The number of hydrogen-bond acceptors (Lipinski definition) is 5. The summed E-state index contributed by atoms with van der Waals surface area (Å²) in [5.74, 6) is 0.658. The summed E-state index contributed by atoms with van der Waals surface area (Å²) in [6.07, 6.45) is -0.0449. The van der Waals surface area contributed by atoms with Gasteiger partial charge in [0.1, 0.15) is 23.4 Å². The number of fused-ring (bicyclic) bond motifs is 1. The molecule has 3 atom stereocenters. The number of rotatable bonds is 6. The minimum absolute atomic E-state index is 0.00777. The van der Waals surface area contributed by atoms with E-state index in [1.165, 1.54) is 12.1 Å². The van der Waals surface area contributed by atoms with Crippen molar-refractivity contribution in [3.05, 3.63) is 95.3 Å². The van der Waals surface area contributed by atoms with Crippen LogP contribution in [0.2, 0.25) is 0 Å². The van der Waals surface area contributed by atoms with Gasteiger partial charge in [-0.15, -0.1) is 0 Å². The number of halogens is 1. The van der Waals surface area contributed by atoms with E-state index in [2.05, 4.69) is 11.8 Å². The summed E-state index contributed by atoms with van der Waals surface area (Å²) in [6.45, 7) is 6.03. The topological polar surface area (TPSA) is 59.1 Å². The van der Waals surface area contributed by atoms with Crippen molar-refractivity contribution in [3.8, 4) is 11.5 Å². The van der Waals surface area contributed by atoms with Gasteiger partial charge in [-0.1, -0.05) is 42.5 Å². The number of carbonyl (C=O) groups excluding carboxylic acids is 2. The Balaban J connectivity index is 1.17. The van der Waals surface area contributed by atoms with Crippen LogP contribution >= 0.6 is 0 Å². The van der Waals surface area contributed by atoms with Crippen LogP contribution in [0.1, 0.15) is 47.9 Å². The Hall–Kier alpha value is -3.71. The first kappa shape index (κ1) is 25.0. The molecule has 3 aromatic rings. The number of benzene rings is 3. The highest BCUT2D eigenvalue weighted by Gasteiger charge is 2.32. The lowest BCUT2D eigenvalue weighted by molar-refractivity contribution is -0.139. The van der Waals surface area contributed by atoms with Crippen LogP contribution in [0.3, 0.4) is 0 Å². The van der Waals surface area contributed by atoms with Crippen molar-refractivity contribution in [3.63, 3.8) is 0 Å². The quantitative estimate of drug-likeness (QED) is 0.473. The fourth-order valence-corrected chi connectivity index (χ4v) is 5.06. The summed E-state index contributed by atoms with van der Waals surface area (Å²) in [7, 11) is 0. The standard InChI is InChI=1S/C30H31FN2O4/c1-20-17-33(21(2)16-32(20)18-22-8-10-24(31)11-9-22)30(35)19-36-25-12-13-28-26(14-25)27(34)15-29(37-28)23-6-4-3-5-7-23/h3-14,20-21,29H,15-19H2,1-2H3/t20-,21+,29?/m0/s1. The number of Topliss-reactive ketones (excluding diaryl/α,β-unsaturated/α-hetero) is 1. The Morgan fingerprint density at radius 3 is 2.51 bits per heavy atom. The minimum Gasteiger partial charge on any atom is -0.484 e. The lowest BCUT2D eigenvalue weighted by Gasteiger charge is -2.44. The van der Waals surface area contributed by atoms with E-state index in [1.807, 2.05) is 42.2 Å². The Labute approximate surface area is 216 Å². The molecule has 2 heterocycles. The molecule has 0 N–H and O–H groups in total. The van der Waals surface area contributed by atoms with Crippen LogP contribution in [0.4, 0.5) is 4.39 Å². The average Bonchev–Trinajstić information content (AvgIpc) is 2.91. The SMILES string of the molecule is C[C@@H]1CN(Cc2ccc(F)cc2)[C@@H](C)CN1C(=O)COc1ccc2c(c1)C(=O)CC(c1ccccc1)O2. The van der Waals surface area contributed by atoms with Gasteiger partial charge in [-0.3, -0.25) is 14.5 Å². The maximum atomic E-state index is 13.2. The van der Waals surface area contributed by atoms with Crippen LogP contribution < -0.4 is 9.47 Å². The molecule has 0 aliphatic carbocycles. The van der Waals surface area contributed by atoms with Gasteiger partial charge in [0.15, 0.2) is 12.4 Å². The highest BCUT2D eigenvalue weighted by Crippen LogP contribution is 2.36. The molecule has 1 amide bonds. The van der Waals surface area contributed by atoms with Gasteiger partial charge in [-0.05, 0) is 55.3 Å². The summed E-state index contributed by atoms with van der Waals surface area (Å²) >= 11 is 0. The van der Waals surface area contributed by atoms with Gasteiger partial charge in [0, 0.05) is 31.7 Å². The number of hydrogen-bond donors (Lipinski definition) is 0. The van der Waals surface area contributed by atoms with Crippen molar-refractivity contribution >= 4 is 11.7 Å². The van der Waals surface area contributed by atoms with Gasteiger partial charge in [0.05, 0.1) is 12.0 Å². The molecule has 3 aromatic carbocycles. The molecule has 0 radical (unpaired) electrons. The summed E-state index contributed by atoms with van der Waals surface area (Å²) in [4.78, 5) is 30.0. The Morgan fingerprint density at radius 2 is 1.76 bits per heavy atom. The highest BCUT2D eigenvalue weighted by atomic mass is 19.1. The zero-order valence-corrected chi connectivity index (χ0v) is 21.1. The largest absolute Gasteiger partial charge is 0.484 e. The molecule has 1 saturated heterocycles. The van der Waals surface area contributed by atoms with Gasteiger partial charge >= 0.3 is 0 Å². The van der Waals surface area contributed by atoms with E-state index in [1.54, 1.807) is 30.3 Å². The zero-order chi connectivity index (χ0) is 25.9. The molecule has 6 nitrogen and oxygen atoms in total. The molecule has 0 bridgehead atoms. The fourth-order valence-electron chi connectivity index (χ4n) is 5.06. The first-order valence-electron chi connectivity index (χ1n) is 12.7. The van der Waals surface area contributed by atoms with Gasteiger partial charge < -0.3 is 14.4 Å². The molecule has 192 valence electrons. The second-order valence-corrected chi connectivity index (χ2v) is 9.89. The maximum Gasteiger partial charge on any atom is 0.260 e. The molecule has 1 unspecified atom stereocenters. The van der Waals surface area contributed by atoms with E-state index >= 15 is 0 Å². The van der Waals surface area contributed by atoms with E-state index in [9.17, 15) is 14.0 Å². The summed E-state index contributed by atoms with van der Waals surface area (Å²) in [6, 6.07) is 21.6. The fraction of sp³-hybridized carbons (Fsp3) is 0.333. The Bertz CT molecular complexity index is 1260. The number of amides is 1. The van der Waals surface area contributed by atoms with Crippen LogP contribution in [-0.4, -0.2) is 53.3 Å². The van der Waals surface area contributed by atoms with Crippen LogP contribution in [0.15, 0.2) is 72.8 Å². The van der Waals surface area contributed by atoms with Gasteiger partial charge in [0.25, 0.3) is 5.91 Å². The molecule has 1 fully saturated rings. The van der Waals surface area contributed by atoms with Gasteiger partial charge in [0.2, 0.25) is 0 Å². The molecule has 0 spiro atoms. The highest BCUT2D eigenvalue weighted by molar-refractivity contribution is 6.00. The molecule has 0 saturated carbocycles. The predicted octanol–water partition coefficient (Wildman–Crippen LogP) is 5.03. The van der Waals surface area contributed by atoms with Crippen molar-refractivity contribution < 1.29 is 23.5 Å². The molecule has 5 rings (SSSR count). The summed E-state index contributed by atoms with van der Waals surface area (Å²) in [5.41, 5.74) is 2.49. The Morgan fingerprint density at radius 1 is 1.00 bits per heavy atom. The Kier molecular flexibility index (Phi) is 7.24. The molecular weight excluding hydrogens is 471 g/mol. The predicted molar refractivity (Wildman–Crippen MR) is 138 cm³/mol. The van der Waals surface area contributed by atoms with E-state index in [-0.39, 0.29) is 48.7 Å². The first-order chi connectivity index (χ1) is 17.9. The summed E-state index contributed by atoms with van der Waals surface area (Å²) in [5, 5.41) is 0. The maximum absolute atomic E-state index is 13.2. The number of ketones is 1. The average molecular weight is 503 g/mol. The lowest BCUT2D eigenvalue weighted by Crippen LogP contribution is -2.58. The third-order valence-electron chi connectivity index (χ3n) is 7.16.